The van der Waals surface area contributed by atoms with Crippen LogP contribution in [0.15, 0.2) is 12.1 Å². The Balaban J connectivity index is 3.34. The minimum absolute atomic E-state index is 0.248. The number of carbonyl (C=O) groups excluding carboxylic acids is 2. The molecule has 0 aromatic heterocycles. The molecule has 0 aliphatic heterocycles. The molecular weight excluding hydrogens is 192 g/mol. The van der Waals surface area contributed by atoms with Crippen LogP contribution in [-0.4, -0.2) is 19.7 Å². The summed E-state index contributed by atoms with van der Waals surface area (Å²) < 4.78 is 4.88. The summed E-state index contributed by atoms with van der Waals surface area (Å²) in [5.41, 5.74) is 0.641. The van der Waals surface area contributed by atoms with Crippen LogP contribution < -0.4 is 4.74 Å². The van der Waals surface area contributed by atoms with Crippen molar-refractivity contribution in [2.75, 3.05) is 7.11 Å². The van der Waals surface area contributed by atoms with E-state index in [1.807, 2.05) is 0 Å². The lowest BCUT2D eigenvalue weighted by molar-refractivity contribution is 0.111. The van der Waals surface area contributed by atoms with Crippen LogP contribution >= 0.6 is 11.6 Å². The molecule has 0 saturated carbocycles. The van der Waals surface area contributed by atoms with Gasteiger partial charge in [0.05, 0.1) is 17.7 Å². The molecule has 1 rings (SSSR count). The molecule has 0 N–H and O–H groups in total. The fraction of sp³-hybridized carbons (Fsp3) is 0.111. The minimum atomic E-state index is 0.248. The van der Waals surface area contributed by atoms with Crippen LogP contribution in [0.25, 0.3) is 0 Å². The largest absolute Gasteiger partial charge is 0.496 e. The first-order valence-corrected chi connectivity index (χ1v) is 3.88. The maximum atomic E-state index is 10.5. The Morgan fingerprint density at radius 1 is 1.23 bits per heavy atom. The molecule has 0 amide bonds. The van der Waals surface area contributed by atoms with E-state index in [1.54, 1.807) is 0 Å². The quantitative estimate of drug-likeness (QED) is 0.698. The molecule has 3 nitrogen and oxygen atoms in total. The third-order valence-corrected chi connectivity index (χ3v) is 1.93. The Morgan fingerprint density at radius 2 is 1.85 bits per heavy atom. The predicted octanol–water partition coefficient (Wildman–Crippen LogP) is 1.97. The first kappa shape index (κ1) is 9.74. The second-order valence-electron chi connectivity index (χ2n) is 2.35. The number of hydrogen-bond donors (Lipinski definition) is 0. The van der Waals surface area contributed by atoms with E-state index in [2.05, 4.69) is 0 Å². The summed E-state index contributed by atoms with van der Waals surface area (Å²) in [5, 5.41) is 0.248. The fourth-order valence-corrected chi connectivity index (χ4v) is 1.16. The second kappa shape index (κ2) is 4.05. The number of benzene rings is 1. The molecular formula is C9H7ClO3. The number of hydrogen-bond acceptors (Lipinski definition) is 3. The number of rotatable bonds is 3. The Labute approximate surface area is 80.3 Å². The highest BCUT2D eigenvalue weighted by atomic mass is 35.5. The van der Waals surface area contributed by atoms with Crippen molar-refractivity contribution in [3.05, 3.63) is 28.3 Å². The standard InChI is InChI=1S/C9H7ClO3/c1-13-9-3-6(4-11)8(10)2-7(9)5-12/h2-5H,1H3. The van der Waals surface area contributed by atoms with Crippen molar-refractivity contribution in [1.82, 2.24) is 0 Å². The molecule has 1 aromatic carbocycles. The lowest BCUT2D eigenvalue weighted by atomic mass is 10.1. The van der Waals surface area contributed by atoms with Crippen LogP contribution in [0.3, 0.4) is 0 Å². The second-order valence-corrected chi connectivity index (χ2v) is 2.76. The molecule has 0 fully saturated rings. The number of carbonyl (C=O) groups is 2. The van der Waals surface area contributed by atoms with Crippen molar-refractivity contribution in [3.63, 3.8) is 0 Å². The van der Waals surface area contributed by atoms with Gasteiger partial charge in [0, 0.05) is 5.56 Å². The first-order valence-electron chi connectivity index (χ1n) is 3.50. The van der Waals surface area contributed by atoms with Crippen LogP contribution in [0.1, 0.15) is 20.7 Å². The summed E-state index contributed by atoms with van der Waals surface area (Å²) in [6.07, 6.45) is 1.23. The fourth-order valence-electron chi connectivity index (χ4n) is 0.944. The average molecular weight is 199 g/mol. The van der Waals surface area contributed by atoms with Gasteiger partial charge in [0.25, 0.3) is 0 Å². The van der Waals surface area contributed by atoms with E-state index in [-0.39, 0.29) is 5.02 Å². The van der Waals surface area contributed by atoms with E-state index in [4.69, 9.17) is 16.3 Å². The smallest absolute Gasteiger partial charge is 0.153 e. The first-order chi connectivity index (χ1) is 6.22. The molecule has 0 atom stereocenters. The monoisotopic (exact) mass is 198 g/mol. The van der Waals surface area contributed by atoms with Crippen LogP contribution in [0.4, 0.5) is 0 Å². The third kappa shape index (κ3) is 1.87. The van der Waals surface area contributed by atoms with Gasteiger partial charge in [-0.3, -0.25) is 9.59 Å². The molecule has 0 unspecified atom stereocenters. The highest BCUT2D eigenvalue weighted by Crippen LogP contribution is 2.24. The molecule has 0 spiro atoms. The van der Waals surface area contributed by atoms with Crippen molar-refractivity contribution >= 4 is 24.2 Å². The number of halogens is 1. The molecule has 0 saturated heterocycles. The molecule has 0 aliphatic carbocycles. The Hall–Kier alpha value is -1.35. The van der Waals surface area contributed by atoms with Crippen LogP contribution in [0, 0.1) is 0 Å². The van der Waals surface area contributed by atoms with Gasteiger partial charge in [-0.2, -0.15) is 0 Å². The van der Waals surface area contributed by atoms with E-state index >= 15 is 0 Å². The summed E-state index contributed by atoms with van der Waals surface area (Å²) in [5.74, 6) is 0.349. The summed E-state index contributed by atoms with van der Waals surface area (Å²) in [4.78, 5) is 21.0. The number of methoxy groups -OCH3 is 1. The molecule has 0 heterocycles. The molecule has 4 heteroatoms. The molecule has 13 heavy (non-hydrogen) atoms. The van der Waals surface area contributed by atoms with Crippen LogP contribution in [0.5, 0.6) is 5.75 Å². The maximum Gasteiger partial charge on any atom is 0.153 e. The summed E-state index contributed by atoms with van der Waals surface area (Å²) in [6, 6.07) is 2.83. The zero-order chi connectivity index (χ0) is 9.84. The highest BCUT2D eigenvalue weighted by Gasteiger charge is 2.07. The van der Waals surface area contributed by atoms with Crippen molar-refractivity contribution in [2.45, 2.75) is 0 Å². The van der Waals surface area contributed by atoms with Crippen LogP contribution in [0.2, 0.25) is 5.02 Å². The van der Waals surface area contributed by atoms with E-state index in [0.29, 0.717) is 29.4 Å². The summed E-state index contributed by atoms with van der Waals surface area (Å²) in [7, 11) is 1.42. The number of ether oxygens (including phenoxy) is 1. The van der Waals surface area contributed by atoms with Gasteiger partial charge >= 0.3 is 0 Å². The molecule has 0 radical (unpaired) electrons. The zero-order valence-electron chi connectivity index (χ0n) is 6.91. The lowest BCUT2D eigenvalue weighted by Gasteiger charge is -2.04. The molecule has 0 aliphatic rings. The van der Waals surface area contributed by atoms with E-state index < -0.39 is 0 Å². The van der Waals surface area contributed by atoms with Gasteiger partial charge in [-0.1, -0.05) is 11.6 Å². The highest BCUT2D eigenvalue weighted by molar-refractivity contribution is 6.33. The van der Waals surface area contributed by atoms with E-state index in [0.717, 1.165) is 0 Å². The predicted molar refractivity (Wildman–Crippen MR) is 48.8 cm³/mol. The van der Waals surface area contributed by atoms with E-state index in [9.17, 15) is 9.59 Å². The van der Waals surface area contributed by atoms with E-state index in [1.165, 1.54) is 19.2 Å². The molecule has 0 bridgehead atoms. The number of aldehydes is 2. The van der Waals surface area contributed by atoms with Gasteiger partial charge in [-0.05, 0) is 12.1 Å². The third-order valence-electron chi connectivity index (χ3n) is 1.60. The van der Waals surface area contributed by atoms with Gasteiger partial charge < -0.3 is 4.74 Å². The zero-order valence-corrected chi connectivity index (χ0v) is 7.67. The lowest BCUT2D eigenvalue weighted by Crippen LogP contribution is -1.93. The van der Waals surface area contributed by atoms with Crippen molar-refractivity contribution in [2.24, 2.45) is 0 Å². The average Bonchev–Trinajstić information content (AvgIpc) is 2.17. The minimum Gasteiger partial charge on any atom is -0.496 e. The van der Waals surface area contributed by atoms with Gasteiger partial charge in [-0.25, -0.2) is 0 Å². The van der Waals surface area contributed by atoms with Crippen molar-refractivity contribution in [1.29, 1.82) is 0 Å². The van der Waals surface area contributed by atoms with Crippen molar-refractivity contribution < 1.29 is 14.3 Å². The topological polar surface area (TPSA) is 43.4 Å². The van der Waals surface area contributed by atoms with Gasteiger partial charge in [0.15, 0.2) is 12.6 Å². The van der Waals surface area contributed by atoms with Gasteiger partial charge in [-0.15, -0.1) is 0 Å². The Bertz CT molecular complexity index is 347. The Morgan fingerprint density at radius 3 is 2.31 bits per heavy atom. The normalized spacial score (nSPS) is 9.38. The molecule has 1 aromatic rings. The summed E-state index contributed by atoms with van der Waals surface area (Å²) >= 11 is 5.69. The van der Waals surface area contributed by atoms with Crippen LogP contribution in [-0.2, 0) is 0 Å². The van der Waals surface area contributed by atoms with Crippen molar-refractivity contribution in [3.8, 4) is 5.75 Å². The summed E-state index contributed by atoms with van der Waals surface area (Å²) in [6.45, 7) is 0. The Kier molecular flexibility index (Phi) is 3.03. The van der Waals surface area contributed by atoms with Gasteiger partial charge in [0.2, 0.25) is 0 Å². The van der Waals surface area contributed by atoms with Gasteiger partial charge in [0.1, 0.15) is 5.75 Å². The molecule has 68 valence electrons. The SMILES string of the molecule is COc1cc(C=O)c(Cl)cc1C=O. The maximum absolute atomic E-state index is 10.5.